The number of hydrogen-bond donors (Lipinski definition) is 2. The van der Waals surface area contributed by atoms with Crippen molar-refractivity contribution in [3.05, 3.63) is 59.4 Å². The second-order valence-corrected chi connectivity index (χ2v) is 5.58. The van der Waals surface area contributed by atoms with E-state index in [-0.39, 0.29) is 11.7 Å². The minimum atomic E-state index is -0.483. The maximum Gasteiger partial charge on any atom is 0.251 e. The predicted molar refractivity (Wildman–Crippen MR) is 81.9 cm³/mol. The first-order valence-electron chi connectivity index (χ1n) is 7.01. The van der Waals surface area contributed by atoms with Crippen molar-refractivity contribution in [3.8, 4) is 0 Å². The SMILES string of the molecule is CC(C)c1cccc(NC2C(=O)Nc3cc(F)ccc32)c1. The van der Waals surface area contributed by atoms with E-state index in [1.807, 2.05) is 18.2 Å². The monoisotopic (exact) mass is 284 g/mol. The molecule has 1 aliphatic rings. The molecule has 0 saturated heterocycles. The van der Waals surface area contributed by atoms with Gasteiger partial charge >= 0.3 is 0 Å². The van der Waals surface area contributed by atoms with Crippen molar-refractivity contribution >= 4 is 17.3 Å². The van der Waals surface area contributed by atoms with Gasteiger partial charge in [0.15, 0.2) is 0 Å². The van der Waals surface area contributed by atoms with Crippen LogP contribution in [-0.2, 0) is 4.79 Å². The zero-order chi connectivity index (χ0) is 15.0. The molecule has 1 amide bonds. The summed E-state index contributed by atoms with van der Waals surface area (Å²) >= 11 is 0. The van der Waals surface area contributed by atoms with Crippen molar-refractivity contribution in [2.75, 3.05) is 10.6 Å². The minimum Gasteiger partial charge on any atom is -0.370 e. The van der Waals surface area contributed by atoms with Gasteiger partial charge in [0, 0.05) is 16.9 Å². The Morgan fingerprint density at radius 3 is 2.76 bits per heavy atom. The first-order chi connectivity index (χ1) is 10.0. The molecule has 0 bridgehead atoms. The number of fused-ring (bicyclic) bond motifs is 1. The fraction of sp³-hybridized carbons (Fsp3) is 0.235. The van der Waals surface area contributed by atoms with E-state index in [1.54, 1.807) is 6.07 Å². The zero-order valence-corrected chi connectivity index (χ0v) is 12.0. The lowest BCUT2D eigenvalue weighted by atomic mass is 10.0. The number of hydrogen-bond acceptors (Lipinski definition) is 2. The molecule has 0 radical (unpaired) electrons. The molecule has 3 rings (SSSR count). The van der Waals surface area contributed by atoms with E-state index >= 15 is 0 Å². The molecule has 1 aliphatic heterocycles. The fourth-order valence-electron chi connectivity index (χ4n) is 2.53. The summed E-state index contributed by atoms with van der Waals surface area (Å²) in [5.41, 5.74) is 3.41. The number of amides is 1. The maximum absolute atomic E-state index is 13.2. The van der Waals surface area contributed by atoms with Gasteiger partial charge in [-0.2, -0.15) is 0 Å². The van der Waals surface area contributed by atoms with Gasteiger partial charge in [0.05, 0.1) is 0 Å². The number of benzene rings is 2. The summed E-state index contributed by atoms with van der Waals surface area (Å²) < 4.78 is 13.2. The zero-order valence-electron chi connectivity index (χ0n) is 12.0. The van der Waals surface area contributed by atoms with Crippen LogP contribution < -0.4 is 10.6 Å². The Labute approximate surface area is 123 Å². The Balaban J connectivity index is 1.89. The Morgan fingerprint density at radius 2 is 2.00 bits per heavy atom. The molecule has 108 valence electrons. The molecule has 3 nitrogen and oxygen atoms in total. The molecule has 0 aromatic heterocycles. The van der Waals surface area contributed by atoms with E-state index in [4.69, 9.17) is 0 Å². The van der Waals surface area contributed by atoms with Gasteiger partial charge in [-0.15, -0.1) is 0 Å². The van der Waals surface area contributed by atoms with E-state index in [2.05, 4.69) is 30.5 Å². The van der Waals surface area contributed by atoms with Gasteiger partial charge in [-0.05, 0) is 35.7 Å². The lowest BCUT2D eigenvalue weighted by Crippen LogP contribution is -2.19. The second-order valence-electron chi connectivity index (χ2n) is 5.58. The van der Waals surface area contributed by atoms with Crippen LogP contribution in [0.15, 0.2) is 42.5 Å². The van der Waals surface area contributed by atoms with Crippen LogP contribution in [0.2, 0.25) is 0 Å². The molecular weight excluding hydrogens is 267 g/mol. The highest BCUT2D eigenvalue weighted by Gasteiger charge is 2.30. The summed E-state index contributed by atoms with van der Waals surface area (Å²) in [5, 5.41) is 5.93. The van der Waals surface area contributed by atoms with Gasteiger partial charge in [-0.25, -0.2) is 4.39 Å². The topological polar surface area (TPSA) is 41.1 Å². The third kappa shape index (κ3) is 2.61. The summed E-state index contributed by atoms with van der Waals surface area (Å²) in [5.74, 6) is -0.0902. The van der Waals surface area contributed by atoms with E-state index in [9.17, 15) is 9.18 Å². The van der Waals surface area contributed by atoms with Gasteiger partial charge < -0.3 is 10.6 Å². The molecule has 0 fully saturated rings. The van der Waals surface area contributed by atoms with Crippen LogP contribution in [0.1, 0.15) is 36.9 Å². The molecule has 2 N–H and O–H groups in total. The van der Waals surface area contributed by atoms with E-state index in [1.165, 1.54) is 17.7 Å². The van der Waals surface area contributed by atoms with Crippen LogP contribution >= 0.6 is 0 Å². The van der Waals surface area contributed by atoms with E-state index < -0.39 is 6.04 Å². The molecule has 1 atom stereocenters. The highest BCUT2D eigenvalue weighted by molar-refractivity contribution is 6.04. The average Bonchev–Trinajstić information content (AvgIpc) is 2.74. The molecule has 0 saturated carbocycles. The van der Waals surface area contributed by atoms with Crippen LogP contribution in [0.4, 0.5) is 15.8 Å². The maximum atomic E-state index is 13.2. The molecule has 1 unspecified atom stereocenters. The molecule has 0 aliphatic carbocycles. The summed E-state index contributed by atoms with van der Waals surface area (Å²) in [4.78, 5) is 12.1. The van der Waals surface area contributed by atoms with Crippen molar-refractivity contribution in [1.82, 2.24) is 0 Å². The third-order valence-corrected chi connectivity index (χ3v) is 3.71. The summed E-state index contributed by atoms with van der Waals surface area (Å²) in [6.45, 7) is 4.25. The van der Waals surface area contributed by atoms with Gasteiger partial charge in [0.2, 0.25) is 0 Å². The molecule has 2 aromatic rings. The Hall–Kier alpha value is -2.36. The number of carbonyl (C=O) groups excluding carboxylic acids is 1. The number of rotatable bonds is 3. The second kappa shape index (κ2) is 5.20. The highest BCUT2D eigenvalue weighted by Crippen LogP contribution is 2.34. The molecule has 1 heterocycles. The lowest BCUT2D eigenvalue weighted by molar-refractivity contribution is -0.116. The Kier molecular flexibility index (Phi) is 3.37. The Morgan fingerprint density at radius 1 is 1.19 bits per heavy atom. The van der Waals surface area contributed by atoms with Crippen LogP contribution in [0.25, 0.3) is 0 Å². The minimum absolute atomic E-state index is 0.162. The van der Waals surface area contributed by atoms with Gasteiger partial charge in [0.1, 0.15) is 11.9 Å². The van der Waals surface area contributed by atoms with Crippen LogP contribution in [0.3, 0.4) is 0 Å². The molecule has 21 heavy (non-hydrogen) atoms. The summed E-state index contributed by atoms with van der Waals surface area (Å²) in [6.07, 6.45) is 0. The van der Waals surface area contributed by atoms with Crippen molar-refractivity contribution in [2.45, 2.75) is 25.8 Å². The van der Waals surface area contributed by atoms with Crippen molar-refractivity contribution in [3.63, 3.8) is 0 Å². The standard InChI is InChI=1S/C17H17FN2O/c1-10(2)11-4-3-5-13(8-11)19-16-14-7-6-12(18)9-15(14)20-17(16)21/h3-10,16,19H,1-2H3,(H,20,21). The average molecular weight is 284 g/mol. The van der Waals surface area contributed by atoms with Crippen molar-refractivity contribution < 1.29 is 9.18 Å². The van der Waals surface area contributed by atoms with Gasteiger partial charge in [-0.1, -0.05) is 32.0 Å². The fourth-order valence-corrected chi connectivity index (χ4v) is 2.53. The number of nitrogens with one attached hydrogen (secondary N) is 2. The molecular formula is C17H17FN2O. The lowest BCUT2D eigenvalue weighted by Gasteiger charge is -2.15. The molecule has 0 spiro atoms. The first kappa shape index (κ1) is 13.6. The summed E-state index contributed by atoms with van der Waals surface area (Å²) in [7, 11) is 0. The van der Waals surface area contributed by atoms with Crippen LogP contribution in [0, 0.1) is 5.82 Å². The molecule has 2 aromatic carbocycles. The van der Waals surface area contributed by atoms with Crippen LogP contribution in [-0.4, -0.2) is 5.91 Å². The first-order valence-corrected chi connectivity index (χ1v) is 7.01. The van der Waals surface area contributed by atoms with Crippen LogP contribution in [0.5, 0.6) is 0 Å². The number of halogens is 1. The molecule has 4 heteroatoms. The smallest absolute Gasteiger partial charge is 0.251 e. The number of carbonyl (C=O) groups is 1. The predicted octanol–water partition coefficient (Wildman–Crippen LogP) is 4.05. The van der Waals surface area contributed by atoms with Gasteiger partial charge in [-0.3, -0.25) is 4.79 Å². The quantitative estimate of drug-likeness (QED) is 0.892. The van der Waals surface area contributed by atoms with Gasteiger partial charge in [0.25, 0.3) is 5.91 Å². The van der Waals surface area contributed by atoms with E-state index in [0.29, 0.717) is 11.6 Å². The normalized spacial score (nSPS) is 16.8. The number of anilines is 2. The van der Waals surface area contributed by atoms with Crippen molar-refractivity contribution in [1.29, 1.82) is 0 Å². The van der Waals surface area contributed by atoms with Crippen molar-refractivity contribution in [2.24, 2.45) is 0 Å². The largest absolute Gasteiger partial charge is 0.370 e. The summed E-state index contributed by atoms with van der Waals surface area (Å²) in [6, 6.07) is 11.9. The highest BCUT2D eigenvalue weighted by atomic mass is 19.1. The Bertz CT molecular complexity index is 697. The third-order valence-electron chi connectivity index (χ3n) is 3.71. The van der Waals surface area contributed by atoms with E-state index in [0.717, 1.165) is 11.3 Å².